The van der Waals surface area contributed by atoms with Crippen molar-refractivity contribution in [1.82, 2.24) is 19.9 Å². The number of nitrogens with one attached hydrogen (secondary N) is 2. The molecule has 2 spiro atoms. The van der Waals surface area contributed by atoms with Gasteiger partial charge in [0.25, 0.3) is 22.8 Å². The molecule has 6 aromatic carbocycles. The van der Waals surface area contributed by atoms with E-state index in [2.05, 4.69) is 265 Å². The minimum Gasteiger partial charge on any atom is -0.341 e. The summed E-state index contributed by atoms with van der Waals surface area (Å²) in [5.41, 5.74) is 17.7. The lowest BCUT2D eigenvalue weighted by Crippen LogP contribution is -2.94. The molecule has 14 heterocycles. The molecule has 0 aliphatic carbocycles. The van der Waals surface area contributed by atoms with Crippen molar-refractivity contribution < 1.29 is 36.5 Å². The van der Waals surface area contributed by atoms with E-state index in [9.17, 15) is 0 Å². The Kier molecular flexibility index (Phi) is 6.63. The number of hydrogen-bond donors (Lipinski definition) is 2. The topological polar surface area (TPSA) is 88.4 Å². The molecule has 4 aliphatic rings. The van der Waals surface area contributed by atoms with Gasteiger partial charge in [-0.25, -0.2) is 9.97 Å². The molecule has 0 fully saturated rings. The fourth-order valence-corrected chi connectivity index (χ4v) is 14.9. The summed E-state index contributed by atoms with van der Waals surface area (Å²) in [6, 6.07) is 71.0. The van der Waals surface area contributed by atoms with Crippen molar-refractivity contribution in [1.29, 1.82) is 0 Å². The standard InChI is InChI=1S/C65H38N12/c1-5-21-46-38(13-1)25-29-50-51-30-26-39-14-2-6-22-47(39)75(51)64(74(46)50)70-33-9-17-42-56-57(43-18-10-34-71(64)61(43)60(42)70)67-54(66-56)37-55-68-58-44-19-11-35-72-62(44)63-45(59(58)69-55)20-12-36-73(63)65(72)76-48-23-7-3-15-40(48)27-31-52(76)53-32-28-41-16-4-8-24-49(41)77(53)65/h1-36H,37H2/q+6/p+2. The summed E-state index contributed by atoms with van der Waals surface area (Å²) in [6.07, 6.45) is 9.53. The number of H-pyrrole nitrogens is 2. The number of nitrogens with zero attached hydrogens (tertiary/aromatic N) is 10. The Hall–Kier alpha value is -10.5. The van der Waals surface area contributed by atoms with Crippen LogP contribution in [0.3, 0.4) is 0 Å². The summed E-state index contributed by atoms with van der Waals surface area (Å²) in [5.74, 6) is -0.0301. The molecule has 10 aromatic heterocycles. The van der Waals surface area contributed by atoms with Crippen molar-refractivity contribution in [2.24, 2.45) is 0 Å². The number of aromatic amines is 2. The predicted molar refractivity (Wildman–Crippen MR) is 289 cm³/mol. The van der Waals surface area contributed by atoms with E-state index < -0.39 is 11.8 Å². The summed E-state index contributed by atoms with van der Waals surface area (Å²) < 4.78 is 20.1. The van der Waals surface area contributed by atoms with Crippen LogP contribution < -0.4 is 36.5 Å². The van der Waals surface area contributed by atoms with E-state index in [0.717, 1.165) is 122 Å². The van der Waals surface area contributed by atoms with Crippen LogP contribution in [0.4, 0.5) is 0 Å². The Bertz CT molecular complexity index is 4860. The lowest BCUT2D eigenvalue weighted by molar-refractivity contribution is -1.28. The second-order valence-corrected chi connectivity index (χ2v) is 21.2. The molecule has 0 bridgehead atoms. The number of fused-ring (bicyclic) bond motifs is 28. The zero-order valence-electron chi connectivity index (χ0n) is 41.0. The average molecular weight is 989 g/mol. The molecular weight excluding hydrogens is 949 g/mol. The van der Waals surface area contributed by atoms with Gasteiger partial charge in [0, 0.05) is 131 Å². The van der Waals surface area contributed by atoms with Crippen LogP contribution in [0.1, 0.15) is 11.6 Å². The molecule has 12 nitrogen and oxygen atoms in total. The molecule has 0 atom stereocenters. The maximum Gasteiger partial charge on any atom is 0.771 e. The summed E-state index contributed by atoms with van der Waals surface area (Å²) in [7, 11) is 0. The SMILES string of the molecule is c1ccc2c(c1)ccc1[n+]2C2([n+]3cccc4c5nc(Cc6nc7c8ccc[n+]9c8c8c(ccc[n+]8C98[n+]9c(ccc%10ccccc%109)-c9ccc%10ccccc%10[n+]98)c7[nH]6)[nH]c5c5ccc[n+]2c5c43)[n+]2c-1ccc1ccccc12. The lowest BCUT2D eigenvalue weighted by Gasteiger charge is -2.08. The van der Waals surface area contributed by atoms with Gasteiger partial charge >= 0.3 is 33.9 Å². The fourth-order valence-electron chi connectivity index (χ4n) is 14.9. The number of imidazole rings is 2. The Labute approximate surface area is 435 Å². The first-order valence-electron chi connectivity index (χ1n) is 26.4. The smallest absolute Gasteiger partial charge is 0.341 e. The maximum absolute atomic E-state index is 5.55. The van der Waals surface area contributed by atoms with Crippen LogP contribution in [0.2, 0.25) is 0 Å². The van der Waals surface area contributed by atoms with Gasteiger partial charge in [0.05, 0.1) is 39.0 Å². The fraction of sp³-hybridized carbons (Fsp3) is 0.0462. The third kappa shape index (κ3) is 4.25. The highest BCUT2D eigenvalue weighted by molar-refractivity contribution is 6.20. The van der Waals surface area contributed by atoms with Crippen LogP contribution in [0.25, 0.3) is 132 Å². The third-order valence-electron chi connectivity index (χ3n) is 17.7. The highest BCUT2D eigenvalue weighted by Crippen LogP contribution is 2.40. The summed E-state index contributed by atoms with van der Waals surface area (Å²) >= 11 is 0. The monoisotopic (exact) mass is 988 g/mol. The molecule has 2 N–H and O–H groups in total. The molecule has 0 saturated carbocycles. The van der Waals surface area contributed by atoms with E-state index in [1.807, 2.05) is 0 Å². The number of aromatic nitrogens is 12. The quantitative estimate of drug-likeness (QED) is 0.138. The first kappa shape index (κ1) is 39.1. The molecule has 0 radical (unpaired) electrons. The minimum atomic E-state index is -0.864. The second kappa shape index (κ2) is 13.1. The molecule has 16 aromatic rings. The highest BCUT2D eigenvalue weighted by Gasteiger charge is 2.84. The van der Waals surface area contributed by atoms with Gasteiger partial charge in [-0.1, -0.05) is 48.5 Å². The zero-order valence-corrected chi connectivity index (χ0v) is 41.0. The Morgan fingerprint density at radius 1 is 0.312 bits per heavy atom. The van der Waals surface area contributed by atoms with Gasteiger partial charge < -0.3 is 9.97 Å². The number of pyridine rings is 8. The molecule has 12 heteroatoms. The average Bonchev–Trinajstić information content (AvgIpc) is 3.12. The summed E-state index contributed by atoms with van der Waals surface area (Å²) in [6.45, 7) is 0. The zero-order chi connectivity index (χ0) is 49.6. The van der Waals surface area contributed by atoms with E-state index in [1.165, 1.54) is 21.5 Å². The molecule has 77 heavy (non-hydrogen) atoms. The lowest BCUT2D eigenvalue weighted by atomic mass is 10.1. The van der Waals surface area contributed by atoms with Crippen molar-refractivity contribution >= 4 is 109 Å². The molecule has 0 unspecified atom stereocenters. The minimum absolute atomic E-state index is 0.484. The van der Waals surface area contributed by atoms with Crippen molar-refractivity contribution in [3.63, 3.8) is 0 Å². The first-order chi connectivity index (χ1) is 38.2. The highest BCUT2D eigenvalue weighted by atomic mass is 15.6. The number of benzene rings is 6. The van der Waals surface area contributed by atoms with Gasteiger partial charge in [-0.2, -0.15) is 0 Å². The van der Waals surface area contributed by atoms with Crippen molar-refractivity contribution in [3.8, 4) is 22.8 Å². The Balaban J connectivity index is 0.798. The molecule has 352 valence electrons. The van der Waals surface area contributed by atoms with E-state index in [4.69, 9.17) is 9.97 Å². The second-order valence-electron chi connectivity index (χ2n) is 21.2. The van der Waals surface area contributed by atoms with E-state index in [0.29, 0.717) is 6.42 Å². The van der Waals surface area contributed by atoms with Gasteiger partial charge in [-0.3, -0.25) is 0 Å². The van der Waals surface area contributed by atoms with E-state index >= 15 is 0 Å². The number of rotatable bonds is 2. The molecule has 4 aliphatic heterocycles. The van der Waals surface area contributed by atoms with Crippen molar-refractivity contribution in [2.75, 3.05) is 0 Å². The largest absolute Gasteiger partial charge is 0.771 e. The normalized spacial score (nSPS) is 14.8. The Morgan fingerprint density at radius 3 is 0.948 bits per heavy atom. The van der Waals surface area contributed by atoms with Crippen molar-refractivity contribution in [2.45, 2.75) is 18.2 Å². The van der Waals surface area contributed by atoms with Crippen LogP contribution in [0, 0.1) is 0 Å². The predicted octanol–water partition coefficient (Wildman–Crippen LogP) is 7.57. The van der Waals surface area contributed by atoms with Crippen LogP contribution >= 0.6 is 0 Å². The van der Waals surface area contributed by atoms with Crippen LogP contribution in [0.15, 0.2) is 219 Å². The molecule has 20 rings (SSSR count). The van der Waals surface area contributed by atoms with Gasteiger partial charge in [0.2, 0.25) is 22.1 Å². The van der Waals surface area contributed by atoms with Gasteiger partial charge in [0.15, 0.2) is 24.8 Å². The third-order valence-corrected chi connectivity index (χ3v) is 17.7. The summed E-state index contributed by atoms with van der Waals surface area (Å²) in [5, 5.41) is 9.12. The molecule has 0 saturated heterocycles. The number of para-hydroxylation sites is 4. The van der Waals surface area contributed by atoms with Crippen LogP contribution in [-0.2, 0) is 18.2 Å². The first-order valence-corrected chi connectivity index (χ1v) is 26.4. The van der Waals surface area contributed by atoms with Gasteiger partial charge in [-0.05, 0) is 72.8 Å². The van der Waals surface area contributed by atoms with E-state index in [-0.39, 0.29) is 0 Å². The van der Waals surface area contributed by atoms with Crippen molar-refractivity contribution in [3.05, 3.63) is 231 Å². The van der Waals surface area contributed by atoms with Gasteiger partial charge in [-0.15, -0.1) is 0 Å². The molecule has 0 amide bonds. The Morgan fingerprint density at radius 2 is 0.610 bits per heavy atom. The summed E-state index contributed by atoms with van der Waals surface area (Å²) in [4.78, 5) is 18.9. The van der Waals surface area contributed by atoms with Crippen LogP contribution in [-0.4, -0.2) is 19.9 Å². The maximum atomic E-state index is 5.55. The number of hydrogen-bond acceptors (Lipinski definition) is 2. The van der Waals surface area contributed by atoms with Gasteiger partial charge in [0.1, 0.15) is 22.7 Å². The molecular formula is C65H40N12+8. The van der Waals surface area contributed by atoms with Crippen LogP contribution in [0.5, 0.6) is 0 Å². The van der Waals surface area contributed by atoms with E-state index in [1.54, 1.807) is 0 Å².